The number of methoxy groups -OCH3 is 2. The molecule has 0 fully saturated rings. The Labute approximate surface area is 125 Å². The average molecular weight is 371 g/mol. The number of carbonyl (C=O) groups is 1. The van der Waals surface area contributed by atoms with Gasteiger partial charge in [0.05, 0.1) is 13.2 Å². The number of amides is 1. The number of alkyl halides is 1. The Morgan fingerprint density at radius 3 is 2.11 bits per heavy atom. The van der Waals surface area contributed by atoms with Gasteiger partial charge in [-0.15, -0.1) is 0 Å². The summed E-state index contributed by atoms with van der Waals surface area (Å²) < 4.78 is 11.2. The minimum Gasteiger partial charge on any atom is -0.383 e. The Balaban J connectivity index is 4.45. The van der Waals surface area contributed by atoms with Crippen molar-refractivity contribution in [2.24, 2.45) is 5.92 Å². The molecule has 0 radical (unpaired) electrons. The van der Waals surface area contributed by atoms with E-state index in [2.05, 4.69) is 29.5 Å². The van der Waals surface area contributed by atoms with Crippen LogP contribution in [0.4, 0.5) is 0 Å². The maximum Gasteiger partial charge on any atom is 0.225 e. The quantitative estimate of drug-likeness (QED) is 0.414. The molecule has 0 aliphatic rings. The molecule has 0 rings (SSSR count). The third-order valence-corrected chi connectivity index (χ3v) is 3.51. The first kappa shape index (κ1) is 18.1. The number of carbonyl (C=O) groups excluding carboxylic acids is 1. The molecule has 0 saturated heterocycles. The van der Waals surface area contributed by atoms with Crippen LogP contribution in [0, 0.1) is 5.92 Å². The highest BCUT2D eigenvalue weighted by Gasteiger charge is 2.22. The van der Waals surface area contributed by atoms with Crippen LogP contribution in [-0.4, -0.2) is 55.8 Å². The molecule has 18 heavy (non-hydrogen) atoms. The van der Waals surface area contributed by atoms with E-state index in [0.29, 0.717) is 26.3 Å². The van der Waals surface area contributed by atoms with Gasteiger partial charge in [0, 0.05) is 37.7 Å². The maximum atomic E-state index is 12.4. The van der Waals surface area contributed by atoms with Crippen molar-refractivity contribution in [3.63, 3.8) is 0 Å². The van der Waals surface area contributed by atoms with E-state index in [1.165, 1.54) is 0 Å². The normalized spacial score (nSPS) is 12.4. The first-order chi connectivity index (χ1) is 8.71. The molecule has 0 saturated carbocycles. The molecule has 108 valence electrons. The molecule has 0 spiro atoms. The van der Waals surface area contributed by atoms with Crippen LogP contribution < -0.4 is 0 Å². The predicted octanol–water partition coefficient (Wildman–Crippen LogP) is 2.35. The Kier molecular flexibility index (Phi) is 12.3. The first-order valence-electron chi connectivity index (χ1n) is 6.53. The summed E-state index contributed by atoms with van der Waals surface area (Å²) in [5.74, 6) is 0.406. The van der Waals surface area contributed by atoms with E-state index in [4.69, 9.17) is 9.47 Å². The number of nitrogens with zero attached hydrogens (tertiary/aromatic N) is 1. The van der Waals surface area contributed by atoms with E-state index in [-0.39, 0.29) is 11.8 Å². The maximum absolute atomic E-state index is 12.4. The minimum absolute atomic E-state index is 0.153. The molecule has 0 aromatic heterocycles. The second kappa shape index (κ2) is 12.2. The molecule has 1 unspecified atom stereocenters. The van der Waals surface area contributed by atoms with Gasteiger partial charge in [0.1, 0.15) is 0 Å². The van der Waals surface area contributed by atoms with Crippen molar-refractivity contribution in [3.8, 4) is 0 Å². The molecular weight excluding hydrogens is 345 g/mol. The molecule has 0 aromatic rings. The van der Waals surface area contributed by atoms with Gasteiger partial charge in [-0.3, -0.25) is 4.79 Å². The molecule has 4 nitrogen and oxygen atoms in total. The topological polar surface area (TPSA) is 38.8 Å². The lowest BCUT2D eigenvalue weighted by molar-refractivity contribution is -0.137. The molecule has 0 heterocycles. The van der Waals surface area contributed by atoms with Gasteiger partial charge >= 0.3 is 0 Å². The van der Waals surface area contributed by atoms with E-state index < -0.39 is 0 Å². The fraction of sp³-hybridized carbons (Fsp3) is 0.923. The lowest BCUT2D eigenvalue weighted by Gasteiger charge is -2.26. The van der Waals surface area contributed by atoms with Gasteiger partial charge in [0.15, 0.2) is 0 Å². The summed E-state index contributed by atoms with van der Waals surface area (Å²) in [6.07, 6.45) is 2.98. The first-order valence-corrected chi connectivity index (χ1v) is 8.06. The lowest BCUT2D eigenvalue weighted by Crippen LogP contribution is -2.40. The zero-order chi connectivity index (χ0) is 13.8. The van der Waals surface area contributed by atoms with Crippen molar-refractivity contribution in [1.29, 1.82) is 0 Å². The van der Waals surface area contributed by atoms with E-state index in [0.717, 1.165) is 23.7 Å². The van der Waals surface area contributed by atoms with Gasteiger partial charge in [-0.25, -0.2) is 0 Å². The van der Waals surface area contributed by atoms with Crippen molar-refractivity contribution in [2.75, 3.05) is 45.0 Å². The van der Waals surface area contributed by atoms with Crippen LogP contribution in [0.5, 0.6) is 0 Å². The van der Waals surface area contributed by atoms with Gasteiger partial charge in [0.2, 0.25) is 5.91 Å². The van der Waals surface area contributed by atoms with Crippen LogP contribution in [0.25, 0.3) is 0 Å². The Morgan fingerprint density at radius 1 is 1.17 bits per heavy atom. The molecule has 5 heteroatoms. The predicted molar refractivity (Wildman–Crippen MR) is 82.2 cm³/mol. The Hall–Kier alpha value is 0.120. The van der Waals surface area contributed by atoms with Crippen molar-refractivity contribution >= 4 is 28.5 Å². The minimum atomic E-state index is 0.153. The summed E-state index contributed by atoms with van der Waals surface area (Å²) in [6, 6.07) is 0. The monoisotopic (exact) mass is 371 g/mol. The third kappa shape index (κ3) is 7.53. The fourth-order valence-corrected chi connectivity index (χ4v) is 2.62. The molecule has 0 N–H and O–H groups in total. The van der Waals surface area contributed by atoms with Gasteiger partial charge in [-0.05, 0) is 12.8 Å². The SMILES string of the molecule is CCCC(CCI)C(=O)N(CCOC)CCOC. The van der Waals surface area contributed by atoms with E-state index in [9.17, 15) is 4.79 Å². The van der Waals surface area contributed by atoms with Crippen LogP contribution in [0.2, 0.25) is 0 Å². The number of ether oxygens (including phenoxy) is 2. The summed E-state index contributed by atoms with van der Waals surface area (Å²) >= 11 is 2.34. The molecular formula is C13H26INO3. The van der Waals surface area contributed by atoms with Crippen molar-refractivity contribution in [2.45, 2.75) is 26.2 Å². The van der Waals surface area contributed by atoms with E-state index in [1.54, 1.807) is 14.2 Å². The smallest absolute Gasteiger partial charge is 0.225 e. The standard InChI is InChI=1S/C13H26INO3/c1-4-5-12(6-7-14)13(16)15(8-10-17-2)9-11-18-3/h12H,4-11H2,1-3H3. The average Bonchev–Trinajstić information content (AvgIpc) is 2.38. The Bertz CT molecular complexity index is 200. The third-order valence-electron chi connectivity index (χ3n) is 2.89. The van der Waals surface area contributed by atoms with E-state index >= 15 is 0 Å². The zero-order valence-electron chi connectivity index (χ0n) is 11.8. The second-order valence-electron chi connectivity index (χ2n) is 4.27. The van der Waals surface area contributed by atoms with Crippen LogP contribution in [0.15, 0.2) is 0 Å². The van der Waals surface area contributed by atoms with Crippen molar-refractivity contribution in [3.05, 3.63) is 0 Å². The highest BCUT2D eigenvalue weighted by Crippen LogP contribution is 2.16. The molecule has 1 atom stereocenters. The number of hydrogen-bond acceptors (Lipinski definition) is 3. The lowest BCUT2D eigenvalue weighted by atomic mass is 9.99. The second-order valence-corrected chi connectivity index (χ2v) is 5.35. The van der Waals surface area contributed by atoms with Gasteiger partial charge < -0.3 is 14.4 Å². The van der Waals surface area contributed by atoms with Crippen LogP contribution in [0.1, 0.15) is 26.2 Å². The Morgan fingerprint density at radius 2 is 1.72 bits per heavy atom. The van der Waals surface area contributed by atoms with Gasteiger partial charge in [0.25, 0.3) is 0 Å². The number of halogens is 1. The summed E-state index contributed by atoms with van der Waals surface area (Å²) in [5, 5.41) is 0. The summed E-state index contributed by atoms with van der Waals surface area (Å²) in [5.41, 5.74) is 0. The molecule has 1 amide bonds. The molecule has 0 bridgehead atoms. The summed E-state index contributed by atoms with van der Waals surface area (Å²) in [4.78, 5) is 14.3. The fourth-order valence-electron chi connectivity index (χ4n) is 1.86. The molecule has 0 aliphatic heterocycles. The van der Waals surface area contributed by atoms with Gasteiger partial charge in [-0.2, -0.15) is 0 Å². The van der Waals surface area contributed by atoms with Crippen molar-refractivity contribution < 1.29 is 14.3 Å². The van der Waals surface area contributed by atoms with Crippen molar-refractivity contribution in [1.82, 2.24) is 4.90 Å². The number of hydrogen-bond donors (Lipinski definition) is 0. The summed E-state index contributed by atoms with van der Waals surface area (Å²) in [6.45, 7) is 4.60. The van der Waals surface area contributed by atoms with Crippen LogP contribution in [-0.2, 0) is 14.3 Å². The zero-order valence-corrected chi connectivity index (χ0v) is 13.9. The highest BCUT2D eigenvalue weighted by atomic mass is 127. The van der Waals surface area contributed by atoms with Crippen LogP contribution in [0.3, 0.4) is 0 Å². The van der Waals surface area contributed by atoms with Crippen LogP contribution >= 0.6 is 22.6 Å². The van der Waals surface area contributed by atoms with E-state index in [1.807, 2.05) is 4.90 Å². The largest absolute Gasteiger partial charge is 0.383 e. The van der Waals surface area contributed by atoms with Gasteiger partial charge in [-0.1, -0.05) is 35.9 Å². The highest BCUT2D eigenvalue weighted by molar-refractivity contribution is 14.1. The number of rotatable bonds is 11. The molecule has 0 aromatic carbocycles. The summed E-state index contributed by atoms with van der Waals surface area (Å²) in [7, 11) is 3.32. The molecule has 0 aliphatic carbocycles.